The van der Waals surface area contributed by atoms with E-state index >= 15 is 0 Å². The lowest BCUT2D eigenvalue weighted by molar-refractivity contribution is 0.298. The maximum atomic E-state index is 12.5. The summed E-state index contributed by atoms with van der Waals surface area (Å²) in [6, 6.07) is 7.48. The van der Waals surface area contributed by atoms with Gasteiger partial charge in [0.25, 0.3) is 5.56 Å². The van der Waals surface area contributed by atoms with Gasteiger partial charge < -0.3 is 14.8 Å². The van der Waals surface area contributed by atoms with Crippen LogP contribution in [0.2, 0.25) is 0 Å². The highest BCUT2D eigenvalue weighted by Crippen LogP contribution is 2.34. The Kier molecular flexibility index (Phi) is 5.90. The number of benzene rings is 1. The summed E-state index contributed by atoms with van der Waals surface area (Å²) in [5, 5.41) is 1.45. The minimum Gasteiger partial charge on any atom is -0.489 e. The predicted octanol–water partition coefficient (Wildman–Crippen LogP) is 1.84. The number of fused-ring (bicyclic) bond motifs is 1. The molecular formula is C20H23N3O4S. The van der Waals surface area contributed by atoms with Gasteiger partial charge >= 0.3 is 0 Å². The van der Waals surface area contributed by atoms with Crippen LogP contribution in [-0.2, 0) is 23.6 Å². The van der Waals surface area contributed by atoms with Crippen molar-refractivity contribution >= 4 is 21.6 Å². The van der Waals surface area contributed by atoms with Crippen molar-refractivity contribution < 1.29 is 14.4 Å². The molecule has 2 aromatic heterocycles. The monoisotopic (exact) mass is 401 g/mol. The van der Waals surface area contributed by atoms with Gasteiger partial charge in [-0.3, -0.25) is 9.00 Å². The van der Waals surface area contributed by atoms with Crippen LogP contribution in [0.4, 0.5) is 0 Å². The molecule has 148 valence electrons. The number of nitrogens with zero attached hydrogens (tertiary/aromatic N) is 3. The topological polar surface area (TPSA) is 106 Å². The Morgan fingerprint density at radius 1 is 1.25 bits per heavy atom. The van der Waals surface area contributed by atoms with Gasteiger partial charge in [0.15, 0.2) is 5.75 Å². The van der Waals surface area contributed by atoms with Crippen molar-refractivity contribution in [3.05, 3.63) is 52.8 Å². The molecule has 7 nitrogen and oxygen atoms in total. The van der Waals surface area contributed by atoms with E-state index in [1.165, 1.54) is 12.8 Å². The van der Waals surface area contributed by atoms with E-state index in [0.29, 0.717) is 35.2 Å². The van der Waals surface area contributed by atoms with Crippen LogP contribution in [0.25, 0.3) is 22.0 Å². The lowest BCUT2D eigenvalue weighted by Gasteiger charge is -2.14. The summed E-state index contributed by atoms with van der Waals surface area (Å²) in [5.41, 5.74) is 1.39. The third-order valence-electron chi connectivity index (χ3n) is 4.65. The molecule has 1 aliphatic carbocycles. The van der Waals surface area contributed by atoms with Crippen LogP contribution in [-0.4, -0.2) is 37.1 Å². The largest absolute Gasteiger partial charge is 0.489 e. The molecule has 0 saturated heterocycles. The van der Waals surface area contributed by atoms with Crippen LogP contribution < -0.4 is 10.3 Å². The summed E-state index contributed by atoms with van der Waals surface area (Å²) in [7, 11) is 0.683. The van der Waals surface area contributed by atoms with E-state index in [1.54, 1.807) is 30.3 Å². The fourth-order valence-corrected chi connectivity index (χ4v) is 3.56. The summed E-state index contributed by atoms with van der Waals surface area (Å²) in [4.78, 5) is 21.5. The minimum atomic E-state index is -1.05. The van der Waals surface area contributed by atoms with Crippen molar-refractivity contribution in [1.82, 2.24) is 14.5 Å². The minimum absolute atomic E-state index is 0. The van der Waals surface area contributed by atoms with Gasteiger partial charge in [0.2, 0.25) is 0 Å². The van der Waals surface area contributed by atoms with Crippen LogP contribution in [0.1, 0.15) is 18.7 Å². The van der Waals surface area contributed by atoms with Crippen molar-refractivity contribution in [2.24, 2.45) is 13.0 Å². The summed E-state index contributed by atoms with van der Waals surface area (Å²) in [6.07, 6.45) is 7.44. The van der Waals surface area contributed by atoms with Gasteiger partial charge in [-0.15, -0.1) is 0 Å². The van der Waals surface area contributed by atoms with Crippen molar-refractivity contribution in [2.75, 3.05) is 12.9 Å². The number of aromatic nitrogens is 3. The standard InChI is InChI=1S/C20H21N3O3S.H2O/c1-23-10-16(14-5-3-4-6-15(14)20(23)24)19-17(26-11-13-7-8-13)9-21-18(22-19)12-27(2)25;/h3-6,9-10,13H,7-8,11-12H2,1-2H3;1H2. The molecular weight excluding hydrogens is 378 g/mol. The van der Waals surface area contributed by atoms with Gasteiger partial charge in [-0.05, 0) is 30.2 Å². The number of hydrogen-bond donors (Lipinski definition) is 0. The molecule has 0 amide bonds. The number of ether oxygens (including phenoxy) is 1. The molecule has 3 aromatic rings. The zero-order chi connectivity index (χ0) is 19.0. The molecule has 4 rings (SSSR count). The van der Waals surface area contributed by atoms with E-state index in [9.17, 15) is 9.00 Å². The average Bonchev–Trinajstić information content (AvgIpc) is 3.47. The second-order valence-electron chi connectivity index (χ2n) is 6.98. The van der Waals surface area contributed by atoms with E-state index in [2.05, 4.69) is 9.97 Å². The zero-order valence-electron chi connectivity index (χ0n) is 15.8. The number of rotatable bonds is 6. The maximum Gasteiger partial charge on any atom is 0.258 e. The molecule has 0 spiro atoms. The van der Waals surface area contributed by atoms with Crippen LogP contribution in [0, 0.1) is 5.92 Å². The molecule has 1 aromatic carbocycles. The second-order valence-corrected chi connectivity index (χ2v) is 8.41. The Bertz CT molecular complexity index is 1090. The van der Waals surface area contributed by atoms with Gasteiger partial charge in [-0.2, -0.15) is 0 Å². The highest BCUT2D eigenvalue weighted by Gasteiger charge is 2.23. The van der Waals surface area contributed by atoms with Crippen molar-refractivity contribution in [3.63, 3.8) is 0 Å². The Morgan fingerprint density at radius 2 is 1.96 bits per heavy atom. The normalized spacial score (nSPS) is 14.5. The summed E-state index contributed by atoms with van der Waals surface area (Å²) < 4.78 is 19.2. The summed E-state index contributed by atoms with van der Waals surface area (Å²) in [5.74, 6) is 1.97. The first kappa shape index (κ1) is 20.2. The molecule has 1 aliphatic rings. The Balaban J connectivity index is 0.00000225. The lowest BCUT2D eigenvalue weighted by atomic mass is 10.0. The molecule has 2 heterocycles. The lowest BCUT2D eigenvalue weighted by Crippen LogP contribution is -2.17. The van der Waals surface area contributed by atoms with Crippen LogP contribution in [0.15, 0.2) is 41.5 Å². The van der Waals surface area contributed by atoms with E-state index < -0.39 is 10.8 Å². The Labute approximate surface area is 165 Å². The summed E-state index contributed by atoms with van der Waals surface area (Å²) >= 11 is 0. The molecule has 8 heteroatoms. The van der Waals surface area contributed by atoms with Crippen molar-refractivity contribution in [3.8, 4) is 17.0 Å². The number of aryl methyl sites for hydroxylation is 1. The predicted molar refractivity (Wildman–Crippen MR) is 110 cm³/mol. The van der Waals surface area contributed by atoms with E-state index in [4.69, 9.17) is 4.74 Å². The van der Waals surface area contributed by atoms with Crippen molar-refractivity contribution in [2.45, 2.75) is 18.6 Å². The first-order valence-corrected chi connectivity index (χ1v) is 10.6. The Morgan fingerprint density at radius 3 is 2.64 bits per heavy atom. The van der Waals surface area contributed by atoms with Gasteiger partial charge in [-0.25, -0.2) is 9.97 Å². The molecule has 1 saturated carbocycles. The third-order valence-corrected chi connectivity index (χ3v) is 5.32. The Hall–Kier alpha value is -2.58. The van der Waals surface area contributed by atoms with Gasteiger partial charge in [0, 0.05) is 41.2 Å². The van der Waals surface area contributed by atoms with Gasteiger partial charge in [0.05, 0.1) is 18.6 Å². The third kappa shape index (κ3) is 4.13. The quantitative estimate of drug-likeness (QED) is 0.627. The maximum absolute atomic E-state index is 12.5. The number of hydrogen-bond acceptors (Lipinski definition) is 5. The highest BCUT2D eigenvalue weighted by atomic mass is 32.2. The van der Waals surface area contributed by atoms with Crippen molar-refractivity contribution in [1.29, 1.82) is 0 Å². The van der Waals surface area contributed by atoms with Crippen LogP contribution in [0.5, 0.6) is 5.75 Å². The van der Waals surface area contributed by atoms with E-state index in [1.807, 2.05) is 24.3 Å². The molecule has 28 heavy (non-hydrogen) atoms. The summed E-state index contributed by atoms with van der Waals surface area (Å²) in [6.45, 7) is 0.638. The first-order chi connectivity index (χ1) is 13.0. The molecule has 1 atom stereocenters. The molecule has 2 N–H and O–H groups in total. The fraction of sp³-hybridized carbons (Fsp3) is 0.350. The molecule has 1 unspecified atom stereocenters. The van der Waals surface area contributed by atoms with Crippen LogP contribution >= 0.6 is 0 Å². The molecule has 1 fully saturated rings. The molecule has 0 aliphatic heterocycles. The second kappa shape index (κ2) is 8.20. The van der Waals surface area contributed by atoms with E-state index in [-0.39, 0.29) is 16.8 Å². The van der Waals surface area contributed by atoms with Gasteiger partial charge in [0.1, 0.15) is 11.5 Å². The number of pyridine rings is 1. The van der Waals surface area contributed by atoms with E-state index in [0.717, 1.165) is 10.9 Å². The molecule has 0 bridgehead atoms. The smallest absolute Gasteiger partial charge is 0.258 e. The molecule has 0 radical (unpaired) electrons. The zero-order valence-corrected chi connectivity index (χ0v) is 16.7. The average molecular weight is 401 g/mol. The van der Waals surface area contributed by atoms with Gasteiger partial charge in [-0.1, -0.05) is 18.2 Å². The first-order valence-electron chi connectivity index (χ1n) is 8.90. The fourth-order valence-electron chi connectivity index (χ4n) is 3.05. The SMILES string of the molecule is Cn1cc(-c2nc(CS(C)=O)ncc2OCC2CC2)c2ccccc2c1=O.O. The van der Waals surface area contributed by atoms with Crippen LogP contribution in [0.3, 0.4) is 0 Å². The highest BCUT2D eigenvalue weighted by molar-refractivity contribution is 7.83.